The van der Waals surface area contributed by atoms with Crippen molar-refractivity contribution in [2.75, 3.05) is 39.3 Å². The van der Waals surface area contributed by atoms with E-state index in [-0.39, 0.29) is 24.4 Å². The molecule has 0 unspecified atom stereocenters. The fourth-order valence-corrected chi connectivity index (χ4v) is 3.01. The molecule has 23 heavy (non-hydrogen) atoms. The number of likely N-dealkylation sites (tertiary alicyclic amines) is 1. The number of urea groups is 1. The minimum Gasteiger partial charge on any atom is -0.480 e. The summed E-state index contributed by atoms with van der Waals surface area (Å²) in [6.45, 7) is 8.28. The zero-order valence-corrected chi connectivity index (χ0v) is 14.5. The van der Waals surface area contributed by atoms with Crippen LogP contribution in [0.3, 0.4) is 0 Å². The molecule has 0 aromatic carbocycles. The Morgan fingerprint density at radius 3 is 2.30 bits per heavy atom. The molecule has 1 heterocycles. The molecular formula is C16H29N3O4. The standard InChI is InChI=1S/C16H29N3O4/c1-4-9-18(12-14(20)21)15(22)13-8-7-10-19(11-13)16(23)17(5-2)6-3/h13H,4-12H2,1-3H3,(H,20,21)/t13-/m1/s1. The first kappa shape index (κ1) is 19.3. The summed E-state index contributed by atoms with van der Waals surface area (Å²) in [6, 6.07) is -0.0345. The van der Waals surface area contributed by atoms with Crippen molar-refractivity contribution in [2.45, 2.75) is 40.0 Å². The summed E-state index contributed by atoms with van der Waals surface area (Å²) in [5.41, 5.74) is 0. The zero-order valence-electron chi connectivity index (χ0n) is 14.5. The number of amides is 3. The van der Waals surface area contributed by atoms with Crippen LogP contribution in [-0.4, -0.2) is 77.0 Å². The highest BCUT2D eigenvalue weighted by atomic mass is 16.4. The lowest BCUT2D eigenvalue weighted by Crippen LogP contribution is -2.51. The van der Waals surface area contributed by atoms with Crippen LogP contribution in [0.1, 0.15) is 40.0 Å². The molecule has 0 bridgehead atoms. The van der Waals surface area contributed by atoms with Gasteiger partial charge in [0.05, 0.1) is 5.92 Å². The summed E-state index contributed by atoms with van der Waals surface area (Å²) >= 11 is 0. The second kappa shape index (κ2) is 9.37. The smallest absolute Gasteiger partial charge is 0.323 e. The van der Waals surface area contributed by atoms with Gasteiger partial charge in [0, 0.05) is 32.7 Å². The third-order valence-corrected chi connectivity index (χ3v) is 4.21. The van der Waals surface area contributed by atoms with Gasteiger partial charge in [0.15, 0.2) is 0 Å². The molecule has 1 aliphatic heterocycles. The summed E-state index contributed by atoms with van der Waals surface area (Å²) in [5.74, 6) is -1.45. The van der Waals surface area contributed by atoms with Gasteiger partial charge >= 0.3 is 12.0 Å². The summed E-state index contributed by atoms with van der Waals surface area (Å²) in [6.07, 6.45) is 2.20. The Morgan fingerprint density at radius 2 is 1.78 bits per heavy atom. The maximum Gasteiger partial charge on any atom is 0.323 e. The fourth-order valence-electron chi connectivity index (χ4n) is 3.01. The van der Waals surface area contributed by atoms with Crippen LogP contribution in [0.2, 0.25) is 0 Å². The highest BCUT2D eigenvalue weighted by Crippen LogP contribution is 2.20. The first-order valence-electron chi connectivity index (χ1n) is 8.48. The largest absolute Gasteiger partial charge is 0.480 e. The molecule has 1 N–H and O–H groups in total. The number of hydrogen-bond donors (Lipinski definition) is 1. The van der Waals surface area contributed by atoms with Gasteiger partial charge in [-0.2, -0.15) is 0 Å². The van der Waals surface area contributed by atoms with Crippen molar-refractivity contribution < 1.29 is 19.5 Å². The molecule has 0 aromatic heterocycles. The van der Waals surface area contributed by atoms with Gasteiger partial charge in [-0.15, -0.1) is 0 Å². The second-order valence-corrected chi connectivity index (χ2v) is 5.89. The summed E-state index contributed by atoms with van der Waals surface area (Å²) in [5, 5.41) is 8.97. The normalized spacial score (nSPS) is 17.7. The number of aliphatic carboxylic acids is 1. The van der Waals surface area contributed by atoms with Crippen molar-refractivity contribution >= 4 is 17.9 Å². The van der Waals surface area contributed by atoms with Crippen molar-refractivity contribution in [1.82, 2.24) is 14.7 Å². The van der Waals surface area contributed by atoms with Crippen LogP contribution in [-0.2, 0) is 9.59 Å². The highest BCUT2D eigenvalue weighted by molar-refractivity contribution is 5.84. The van der Waals surface area contributed by atoms with Gasteiger partial charge in [-0.1, -0.05) is 6.92 Å². The van der Waals surface area contributed by atoms with E-state index in [2.05, 4.69) is 0 Å². The highest BCUT2D eigenvalue weighted by Gasteiger charge is 2.32. The molecule has 3 amide bonds. The Balaban J connectivity index is 2.73. The Kier molecular flexibility index (Phi) is 7.85. The SMILES string of the molecule is CCCN(CC(=O)O)C(=O)[C@@H]1CCCN(C(=O)N(CC)CC)C1. The number of carboxylic acid groups (broad SMARTS) is 1. The molecule has 7 heteroatoms. The Bertz CT molecular complexity index is 424. The predicted octanol–water partition coefficient (Wildman–Crippen LogP) is 1.48. The third-order valence-electron chi connectivity index (χ3n) is 4.21. The fraction of sp³-hybridized carbons (Fsp3) is 0.812. The second-order valence-electron chi connectivity index (χ2n) is 5.89. The van der Waals surface area contributed by atoms with Gasteiger partial charge < -0.3 is 19.8 Å². The molecule has 1 rings (SSSR count). The number of rotatable bonds is 7. The molecule has 7 nitrogen and oxygen atoms in total. The van der Waals surface area contributed by atoms with Crippen molar-refractivity contribution in [3.05, 3.63) is 0 Å². The van der Waals surface area contributed by atoms with Gasteiger partial charge in [-0.3, -0.25) is 9.59 Å². The van der Waals surface area contributed by atoms with Crippen molar-refractivity contribution in [2.24, 2.45) is 5.92 Å². The number of carbonyl (C=O) groups is 3. The number of hydrogen-bond acceptors (Lipinski definition) is 3. The minimum absolute atomic E-state index is 0.0345. The Morgan fingerprint density at radius 1 is 1.13 bits per heavy atom. The topological polar surface area (TPSA) is 81.2 Å². The minimum atomic E-state index is -1.00. The number of nitrogens with zero attached hydrogens (tertiary/aromatic N) is 3. The quantitative estimate of drug-likeness (QED) is 0.768. The molecule has 1 saturated heterocycles. The van der Waals surface area contributed by atoms with Crippen LogP contribution < -0.4 is 0 Å². The lowest BCUT2D eigenvalue weighted by Gasteiger charge is -2.37. The molecule has 1 atom stereocenters. The van der Waals surface area contributed by atoms with Gasteiger partial charge in [0.2, 0.25) is 5.91 Å². The Labute approximate surface area is 138 Å². The van der Waals surface area contributed by atoms with Crippen LogP contribution in [0.5, 0.6) is 0 Å². The summed E-state index contributed by atoms with van der Waals surface area (Å²) < 4.78 is 0. The van der Waals surface area contributed by atoms with Crippen molar-refractivity contribution in [1.29, 1.82) is 0 Å². The van der Waals surface area contributed by atoms with E-state index in [1.807, 2.05) is 20.8 Å². The van der Waals surface area contributed by atoms with E-state index in [1.165, 1.54) is 4.90 Å². The number of piperidine rings is 1. The Hall–Kier alpha value is -1.79. The van der Waals surface area contributed by atoms with Crippen molar-refractivity contribution in [3.63, 3.8) is 0 Å². The monoisotopic (exact) mass is 327 g/mol. The van der Waals surface area contributed by atoms with E-state index in [9.17, 15) is 14.4 Å². The van der Waals surface area contributed by atoms with E-state index < -0.39 is 5.97 Å². The van der Waals surface area contributed by atoms with E-state index >= 15 is 0 Å². The molecule has 0 aliphatic carbocycles. The molecule has 0 radical (unpaired) electrons. The van der Waals surface area contributed by atoms with E-state index in [4.69, 9.17) is 5.11 Å². The van der Waals surface area contributed by atoms with Gasteiger partial charge in [0.25, 0.3) is 0 Å². The van der Waals surface area contributed by atoms with Gasteiger partial charge in [-0.25, -0.2) is 4.79 Å². The molecule has 132 valence electrons. The first-order chi connectivity index (χ1) is 10.9. The number of carboxylic acids is 1. The lowest BCUT2D eigenvalue weighted by molar-refractivity contribution is -0.147. The predicted molar refractivity (Wildman–Crippen MR) is 87.1 cm³/mol. The molecule has 1 aliphatic rings. The first-order valence-corrected chi connectivity index (χ1v) is 8.48. The molecule has 1 fully saturated rings. The van der Waals surface area contributed by atoms with Crippen LogP contribution >= 0.6 is 0 Å². The van der Waals surface area contributed by atoms with Crippen LogP contribution in [0, 0.1) is 5.92 Å². The third kappa shape index (κ3) is 5.41. The summed E-state index contributed by atoms with van der Waals surface area (Å²) in [4.78, 5) is 40.9. The number of carbonyl (C=O) groups excluding carboxylic acids is 2. The average molecular weight is 327 g/mol. The molecule has 0 spiro atoms. The molecular weight excluding hydrogens is 298 g/mol. The van der Waals surface area contributed by atoms with Crippen LogP contribution in [0.4, 0.5) is 4.79 Å². The van der Waals surface area contributed by atoms with Crippen LogP contribution in [0.25, 0.3) is 0 Å². The van der Waals surface area contributed by atoms with Crippen LogP contribution in [0.15, 0.2) is 0 Å². The van der Waals surface area contributed by atoms with Crippen molar-refractivity contribution in [3.8, 4) is 0 Å². The molecule has 0 aromatic rings. The van der Waals surface area contributed by atoms with E-state index in [0.29, 0.717) is 45.6 Å². The molecule has 0 saturated carbocycles. The van der Waals surface area contributed by atoms with E-state index in [0.717, 1.165) is 6.42 Å². The van der Waals surface area contributed by atoms with Gasteiger partial charge in [0.1, 0.15) is 6.54 Å². The zero-order chi connectivity index (χ0) is 17.4. The van der Waals surface area contributed by atoms with Gasteiger partial charge in [-0.05, 0) is 33.1 Å². The maximum absolute atomic E-state index is 12.6. The average Bonchev–Trinajstić information content (AvgIpc) is 2.54. The lowest BCUT2D eigenvalue weighted by atomic mass is 9.96. The summed E-state index contributed by atoms with van der Waals surface area (Å²) in [7, 11) is 0. The van der Waals surface area contributed by atoms with E-state index in [1.54, 1.807) is 9.80 Å². The maximum atomic E-state index is 12.6.